The van der Waals surface area contributed by atoms with E-state index < -0.39 is 5.54 Å². The van der Waals surface area contributed by atoms with Crippen LogP contribution in [0.3, 0.4) is 0 Å². The summed E-state index contributed by atoms with van der Waals surface area (Å²) in [5.41, 5.74) is 5.27. The normalized spacial score (nSPS) is 30.2. The number of urea groups is 1. The Labute approximate surface area is 175 Å². The monoisotopic (exact) mass is 416 g/mol. The molecule has 2 unspecified atom stereocenters. The van der Waals surface area contributed by atoms with Gasteiger partial charge >= 0.3 is 6.03 Å². The van der Waals surface area contributed by atoms with Crippen molar-refractivity contribution in [3.8, 4) is 0 Å². The summed E-state index contributed by atoms with van der Waals surface area (Å²) in [6.07, 6.45) is 6.42. The molecule has 3 aliphatic rings. The second-order valence-electron chi connectivity index (χ2n) is 8.90. The molecule has 1 aliphatic heterocycles. The molecule has 2 aliphatic carbocycles. The fourth-order valence-electron chi connectivity index (χ4n) is 4.71. The first-order valence-electron chi connectivity index (χ1n) is 10.5. The van der Waals surface area contributed by atoms with E-state index in [-0.39, 0.29) is 35.9 Å². The predicted molar refractivity (Wildman–Crippen MR) is 112 cm³/mol. The summed E-state index contributed by atoms with van der Waals surface area (Å²) in [6.45, 7) is 8.85. The number of hydrogen-bond donors (Lipinski definition) is 2. The molecule has 3 fully saturated rings. The molecule has 1 heterocycles. The first kappa shape index (κ1) is 23.2. The first-order valence-corrected chi connectivity index (χ1v) is 10.5. The molecule has 28 heavy (non-hydrogen) atoms. The van der Waals surface area contributed by atoms with Gasteiger partial charge in [-0.05, 0) is 19.8 Å². The van der Waals surface area contributed by atoms with Crippen molar-refractivity contribution in [1.29, 1.82) is 0 Å². The number of piperazine rings is 1. The Morgan fingerprint density at radius 1 is 1.07 bits per heavy atom. The number of amides is 3. The number of ether oxygens (including phenoxy) is 1. The van der Waals surface area contributed by atoms with Crippen LogP contribution in [-0.2, 0) is 9.53 Å². The second-order valence-corrected chi connectivity index (χ2v) is 8.90. The minimum absolute atomic E-state index is 0. The molecule has 7 nitrogen and oxygen atoms in total. The number of halogens is 1. The molecule has 0 spiro atoms. The highest BCUT2D eigenvalue weighted by molar-refractivity contribution is 5.89. The summed E-state index contributed by atoms with van der Waals surface area (Å²) in [5, 5.41) is 3.16. The van der Waals surface area contributed by atoms with Crippen LogP contribution in [0.1, 0.15) is 59.3 Å². The molecule has 2 saturated carbocycles. The van der Waals surface area contributed by atoms with Gasteiger partial charge in [-0.3, -0.25) is 4.79 Å². The van der Waals surface area contributed by atoms with Gasteiger partial charge in [-0.2, -0.15) is 0 Å². The zero-order chi connectivity index (χ0) is 19.7. The minimum Gasteiger partial charge on any atom is -0.378 e. The van der Waals surface area contributed by atoms with Gasteiger partial charge in [-0.25, -0.2) is 4.79 Å². The van der Waals surface area contributed by atoms with Gasteiger partial charge in [-0.1, -0.05) is 33.1 Å². The lowest BCUT2D eigenvalue weighted by Crippen LogP contribution is -2.76. The van der Waals surface area contributed by atoms with Gasteiger partial charge in [0.25, 0.3) is 0 Å². The van der Waals surface area contributed by atoms with Crippen molar-refractivity contribution in [2.45, 2.75) is 77.0 Å². The van der Waals surface area contributed by atoms with E-state index in [9.17, 15) is 9.59 Å². The van der Waals surface area contributed by atoms with Crippen LogP contribution >= 0.6 is 12.4 Å². The fraction of sp³-hybridized carbons (Fsp3) is 0.900. The summed E-state index contributed by atoms with van der Waals surface area (Å²) < 4.78 is 5.73. The standard InChI is InChI=1S/C20H36N4O3.ClH/c1-4-27-16-14-20(21,19(16,2)3)17(25)23-10-12-24(13-11-23)18(26)22-15-8-6-5-7-9-15;/h15-16H,4-14,21H2,1-3H3,(H,22,26);1H. The maximum Gasteiger partial charge on any atom is 0.317 e. The van der Waals surface area contributed by atoms with E-state index in [0.29, 0.717) is 45.2 Å². The third kappa shape index (κ3) is 4.26. The molecule has 3 N–H and O–H groups in total. The van der Waals surface area contributed by atoms with Gasteiger partial charge < -0.3 is 25.6 Å². The van der Waals surface area contributed by atoms with Crippen LogP contribution in [0.2, 0.25) is 0 Å². The Morgan fingerprint density at radius 3 is 2.18 bits per heavy atom. The van der Waals surface area contributed by atoms with Gasteiger partial charge in [0.05, 0.1) is 6.10 Å². The highest BCUT2D eigenvalue weighted by Crippen LogP contribution is 2.50. The molecule has 8 heteroatoms. The lowest BCUT2D eigenvalue weighted by molar-refractivity contribution is -0.180. The van der Waals surface area contributed by atoms with Crippen LogP contribution in [-0.4, -0.2) is 72.2 Å². The summed E-state index contributed by atoms with van der Waals surface area (Å²) in [7, 11) is 0. The van der Waals surface area contributed by atoms with Crippen LogP contribution in [0, 0.1) is 5.41 Å². The molecule has 3 rings (SSSR count). The van der Waals surface area contributed by atoms with Gasteiger partial charge in [0, 0.05) is 50.7 Å². The zero-order valence-corrected chi connectivity index (χ0v) is 18.4. The van der Waals surface area contributed by atoms with Crippen LogP contribution < -0.4 is 11.1 Å². The third-order valence-electron chi connectivity index (χ3n) is 7.00. The number of carbonyl (C=O) groups is 2. The molecule has 0 aromatic heterocycles. The Hall–Kier alpha value is -1.05. The molecular formula is C20H37ClN4O3. The lowest BCUT2D eigenvalue weighted by Gasteiger charge is -2.59. The molecule has 1 saturated heterocycles. The molecule has 2 atom stereocenters. The van der Waals surface area contributed by atoms with Crippen molar-refractivity contribution < 1.29 is 14.3 Å². The largest absolute Gasteiger partial charge is 0.378 e. The molecule has 0 aromatic rings. The van der Waals surface area contributed by atoms with Gasteiger partial charge in [0.1, 0.15) is 5.54 Å². The first-order chi connectivity index (χ1) is 12.8. The minimum atomic E-state index is -0.876. The van der Waals surface area contributed by atoms with Crippen LogP contribution in [0.25, 0.3) is 0 Å². The van der Waals surface area contributed by atoms with E-state index in [0.717, 1.165) is 12.8 Å². The molecule has 162 valence electrons. The van der Waals surface area contributed by atoms with E-state index >= 15 is 0 Å². The zero-order valence-electron chi connectivity index (χ0n) is 17.5. The number of carbonyl (C=O) groups excluding carboxylic acids is 2. The smallest absolute Gasteiger partial charge is 0.317 e. The quantitative estimate of drug-likeness (QED) is 0.734. The number of nitrogens with one attached hydrogen (secondary N) is 1. The van der Waals surface area contributed by atoms with Crippen molar-refractivity contribution in [2.75, 3.05) is 32.8 Å². The van der Waals surface area contributed by atoms with Crippen molar-refractivity contribution >= 4 is 24.3 Å². The Kier molecular flexibility index (Phi) is 7.62. The summed E-state index contributed by atoms with van der Waals surface area (Å²) in [6, 6.07) is 0.321. The average molecular weight is 417 g/mol. The van der Waals surface area contributed by atoms with Crippen LogP contribution in [0.15, 0.2) is 0 Å². The second kappa shape index (κ2) is 9.18. The van der Waals surface area contributed by atoms with Crippen molar-refractivity contribution in [2.24, 2.45) is 11.1 Å². The highest BCUT2D eigenvalue weighted by atomic mass is 35.5. The number of nitrogens with two attached hydrogens (primary N) is 1. The molecule has 3 amide bonds. The van der Waals surface area contributed by atoms with Crippen molar-refractivity contribution in [3.05, 3.63) is 0 Å². The molecule has 0 radical (unpaired) electrons. The van der Waals surface area contributed by atoms with E-state index in [4.69, 9.17) is 10.5 Å². The van der Waals surface area contributed by atoms with E-state index in [1.54, 1.807) is 0 Å². The topological polar surface area (TPSA) is 87.9 Å². The average Bonchev–Trinajstić information content (AvgIpc) is 2.68. The Balaban J connectivity index is 0.00000280. The summed E-state index contributed by atoms with van der Waals surface area (Å²) in [4.78, 5) is 29.2. The van der Waals surface area contributed by atoms with Crippen molar-refractivity contribution in [1.82, 2.24) is 15.1 Å². The van der Waals surface area contributed by atoms with Crippen LogP contribution in [0.5, 0.6) is 0 Å². The van der Waals surface area contributed by atoms with E-state index in [1.807, 2.05) is 30.6 Å². The van der Waals surface area contributed by atoms with Crippen LogP contribution in [0.4, 0.5) is 4.79 Å². The highest BCUT2D eigenvalue weighted by Gasteiger charge is 2.63. The summed E-state index contributed by atoms with van der Waals surface area (Å²) >= 11 is 0. The SMILES string of the molecule is CCOC1CC(N)(C(=O)N2CCN(C(=O)NC3CCCCC3)CC2)C1(C)C.Cl. The van der Waals surface area contributed by atoms with E-state index in [1.165, 1.54) is 19.3 Å². The number of nitrogens with zero attached hydrogens (tertiary/aromatic N) is 2. The Bertz CT molecular complexity index is 560. The Morgan fingerprint density at radius 2 is 1.64 bits per heavy atom. The fourth-order valence-corrected chi connectivity index (χ4v) is 4.71. The van der Waals surface area contributed by atoms with Gasteiger partial charge in [0.2, 0.25) is 5.91 Å². The number of hydrogen-bond acceptors (Lipinski definition) is 4. The predicted octanol–water partition coefficient (Wildman–Crippen LogP) is 2.13. The molecule has 0 bridgehead atoms. The lowest BCUT2D eigenvalue weighted by atomic mass is 9.54. The van der Waals surface area contributed by atoms with Gasteiger partial charge in [0.15, 0.2) is 0 Å². The third-order valence-corrected chi connectivity index (χ3v) is 7.00. The number of rotatable bonds is 4. The van der Waals surface area contributed by atoms with Crippen molar-refractivity contribution in [3.63, 3.8) is 0 Å². The maximum atomic E-state index is 13.1. The van der Waals surface area contributed by atoms with Gasteiger partial charge in [-0.15, -0.1) is 12.4 Å². The molecular weight excluding hydrogens is 380 g/mol. The maximum absolute atomic E-state index is 13.1. The van der Waals surface area contributed by atoms with E-state index in [2.05, 4.69) is 5.32 Å². The summed E-state index contributed by atoms with van der Waals surface area (Å²) in [5.74, 6) is -0.00390. The molecule has 0 aromatic carbocycles.